The number of benzene rings is 2. The van der Waals surface area contributed by atoms with E-state index in [1.54, 1.807) is 6.20 Å². The van der Waals surface area contributed by atoms with Crippen molar-refractivity contribution in [1.29, 1.82) is 0 Å². The molecule has 6 heteroatoms. The number of rotatable bonds is 4. The molecule has 160 valence electrons. The summed E-state index contributed by atoms with van der Waals surface area (Å²) in [4.78, 5) is 9.36. The van der Waals surface area contributed by atoms with Crippen LogP contribution >= 0.6 is 0 Å². The average molecular weight is 425 g/mol. The van der Waals surface area contributed by atoms with Gasteiger partial charge in [-0.1, -0.05) is 54.6 Å². The van der Waals surface area contributed by atoms with Crippen LogP contribution in [0.2, 0.25) is 0 Å². The zero-order valence-electron chi connectivity index (χ0n) is 17.6. The lowest BCUT2D eigenvalue weighted by atomic mass is 9.63. The summed E-state index contributed by atoms with van der Waals surface area (Å²) in [6, 6.07) is 20.7. The van der Waals surface area contributed by atoms with Crippen LogP contribution in [-0.4, -0.2) is 32.3 Å². The summed E-state index contributed by atoms with van der Waals surface area (Å²) < 4.78 is 8.13. The lowest BCUT2D eigenvalue weighted by Crippen LogP contribution is -2.49. The van der Waals surface area contributed by atoms with E-state index in [4.69, 9.17) is 15.5 Å². The van der Waals surface area contributed by atoms with Crippen molar-refractivity contribution in [3.05, 3.63) is 78.6 Å². The van der Waals surface area contributed by atoms with E-state index in [-0.39, 0.29) is 11.5 Å². The van der Waals surface area contributed by atoms with E-state index in [9.17, 15) is 5.11 Å². The van der Waals surface area contributed by atoms with Gasteiger partial charge in [0.15, 0.2) is 6.73 Å². The molecule has 3 N–H and O–H groups in total. The Hall–Kier alpha value is -3.48. The Morgan fingerprint density at radius 3 is 2.53 bits per heavy atom. The number of ether oxygens (including phenoxy) is 1. The molecule has 2 aromatic carbocycles. The van der Waals surface area contributed by atoms with Crippen molar-refractivity contribution in [3.63, 3.8) is 0 Å². The highest BCUT2D eigenvalue weighted by Crippen LogP contribution is 2.45. The largest absolute Gasteiger partial charge is 0.472 e. The molecular weight excluding hydrogens is 400 g/mol. The Bertz CT molecular complexity index is 1280. The van der Waals surface area contributed by atoms with Gasteiger partial charge in [-0.25, -0.2) is 4.98 Å². The molecular formula is C26H24N4O2. The number of aliphatic hydroxyl groups excluding tert-OH is 1. The second-order valence-corrected chi connectivity index (χ2v) is 8.70. The van der Waals surface area contributed by atoms with Crippen molar-refractivity contribution >= 4 is 0 Å². The first-order chi connectivity index (χ1) is 15.7. The van der Waals surface area contributed by atoms with Crippen molar-refractivity contribution in [1.82, 2.24) is 14.5 Å². The summed E-state index contributed by atoms with van der Waals surface area (Å²) in [5.41, 5.74) is 12.1. The number of imidazole rings is 1. The number of hydrogen-bond acceptors (Lipinski definition) is 5. The maximum atomic E-state index is 9.86. The Morgan fingerprint density at radius 2 is 1.81 bits per heavy atom. The van der Waals surface area contributed by atoms with Crippen LogP contribution in [0.5, 0.6) is 5.75 Å². The summed E-state index contributed by atoms with van der Waals surface area (Å²) in [5, 5.41) is 9.86. The lowest BCUT2D eigenvalue weighted by molar-refractivity contribution is 0.0222. The van der Waals surface area contributed by atoms with Gasteiger partial charge < -0.3 is 15.6 Å². The van der Waals surface area contributed by atoms with Crippen LogP contribution in [-0.2, 0) is 12.1 Å². The van der Waals surface area contributed by atoms with Crippen molar-refractivity contribution in [3.8, 4) is 39.7 Å². The van der Waals surface area contributed by atoms with Gasteiger partial charge in [0.05, 0.1) is 23.1 Å². The van der Waals surface area contributed by atoms with Crippen LogP contribution in [0.3, 0.4) is 0 Å². The molecule has 1 fully saturated rings. The number of nitrogens with two attached hydrogens (primary N) is 1. The van der Waals surface area contributed by atoms with Crippen molar-refractivity contribution < 1.29 is 9.84 Å². The van der Waals surface area contributed by atoms with Crippen LogP contribution in [0.25, 0.3) is 33.9 Å². The monoisotopic (exact) mass is 424 g/mol. The lowest BCUT2D eigenvalue weighted by Gasteiger charge is -2.45. The fourth-order valence-electron chi connectivity index (χ4n) is 5.03. The van der Waals surface area contributed by atoms with Gasteiger partial charge >= 0.3 is 0 Å². The number of hydrogen-bond donors (Lipinski definition) is 2. The molecule has 0 unspecified atom stereocenters. The quantitative estimate of drug-likeness (QED) is 0.518. The van der Waals surface area contributed by atoms with E-state index in [2.05, 4.69) is 45.9 Å². The number of aromatic nitrogens is 3. The highest BCUT2D eigenvalue weighted by molar-refractivity contribution is 5.83. The molecule has 2 aromatic heterocycles. The maximum absolute atomic E-state index is 9.86. The minimum Gasteiger partial charge on any atom is -0.472 e. The molecule has 3 heterocycles. The van der Waals surface area contributed by atoms with Crippen LogP contribution in [0.15, 0.2) is 73.1 Å². The zero-order valence-corrected chi connectivity index (χ0v) is 17.6. The van der Waals surface area contributed by atoms with Gasteiger partial charge in [-0.15, -0.1) is 0 Å². The summed E-state index contributed by atoms with van der Waals surface area (Å²) in [7, 11) is 0. The molecule has 0 bridgehead atoms. The van der Waals surface area contributed by atoms with Crippen LogP contribution in [0.4, 0.5) is 0 Å². The van der Waals surface area contributed by atoms with E-state index in [0.29, 0.717) is 13.3 Å². The normalized spacial score (nSPS) is 21.2. The maximum Gasteiger partial charge on any atom is 0.167 e. The number of aliphatic hydroxyl groups is 1. The second kappa shape index (κ2) is 7.29. The minimum absolute atomic E-state index is 0.119. The zero-order chi connectivity index (χ0) is 21.7. The van der Waals surface area contributed by atoms with Crippen LogP contribution in [0, 0.1) is 0 Å². The molecule has 1 saturated carbocycles. The highest BCUT2D eigenvalue weighted by atomic mass is 16.5. The SMILES string of the molecule is NCC1(c2ccc(-c3nc4n(c3-c3ccccc3)COc3ccncc3-4)cc2)CC(O)C1. The van der Waals surface area contributed by atoms with Gasteiger partial charge in [0.1, 0.15) is 11.6 Å². The summed E-state index contributed by atoms with van der Waals surface area (Å²) in [6.07, 6.45) is 4.73. The number of nitrogens with zero attached hydrogens (tertiary/aromatic N) is 3. The molecule has 1 aliphatic carbocycles. The van der Waals surface area contributed by atoms with Gasteiger partial charge in [0, 0.05) is 35.5 Å². The first-order valence-electron chi connectivity index (χ1n) is 10.9. The summed E-state index contributed by atoms with van der Waals surface area (Å²) >= 11 is 0. The van der Waals surface area contributed by atoms with Crippen LogP contribution < -0.4 is 10.5 Å². The standard InChI is InChI=1S/C26H24N4O2/c27-15-26(12-20(31)13-26)19-8-6-17(7-9-19)23-24(18-4-2-1-3-5-18)30-16-32-22-10-11-28-14-21(22)25(30)29-23/h1-11,14,20,31H,12-13,15-16,27H2. The molecule has 0 amide bonds. The Labute approximate surface area is 186 Å². The fraction of sp³-hybridized carbons (Fsp3) is 0.231. The van der Waals surface area contributed by atoms with E-state index in [0.717, 1.165) is 52.5 Å². The van der Waals surface area contributed by atoms with E-state index < -0.39 is 0 Å². The predicted molar refractivity (Wildman–Crippen MR) is 123 cm³/mol. The third-order valence-corrected chi connectivity index (χ3v) is 6.80. The first-order valence-corrected chi connectivity index (χ1v) is 10.9. The van der Waals surface area contributed by atoms with Gasteiger partial charge in [0.2, 0.25) is 0 Å². The van der Waals surface area contributed by atoms with E-state index in [1.165, 1.54) is 5.56 Å². The predicted octanol–water partition coefficient (Wildman–Crippen LogP) is 3.98. The molecule has 4 aromatic rings. The molecule has 0 saturated heterocycles. The van der Waals surface area contributed by atoms with Crippen molar-refractivity contribution in [2.24, 2.45) is 5.73 Å². The van der Waals surface area contributed by atoms with Crippen molar-refractivity contribution in [2.75, 3.05) is 6.54 Å². The molecule has 0 atom stereocenters. The van der Waals surface area contributed by atoms with E-state index in [1.807, 2.05) is 30.5 Å². The van der Waals surface area contributed by atoms with Gasteiger partial charge in [-0.05, 0) is 24.5 Å². The van der Waals surface area contributed by atoms with Gasteiger partial charge in [-0.3, -0.25) is 9.55 Å². The third-order valence-electron chi connectivity index (χ3n) is 6.80. The highest BCUT2D eigenvalue weighted by Gasteiger charge is 2.43. The number of pyridine rings is 1. The van der Waals surface area contributed by atoms with Gasteiger partial charge in [0.25, 0.3) is 0 Å². The van der Waals surface area contributed by atoms with Gasteiger partial charge in [-0.2, -0.15) is 0 Å². The topological polar surface area (TPSA) is 86.2 Å². The fourth-order valence-corrected chi connectivity index (χ4v) is 5.03. The Morgan fingerprint density at radius 1 is 1.03 bits per heavy atom. The van der Waals surface area contributed by atoms with Crippen molar-refractivity contribution in [2.45, 2.75) is 31.1 Å². The van der Waals surface area contributed by atoms with E-state index >= 15 is 0 Å². The Kier molecular flexibility index (Phi) is 4.38. The molecule has 32 heavy (non-hydrogen) atoms. The smallest absolute Gasteiger partial charge is 0.167 e. The molecule has 2 aliphatic rings. The minimum atomic E-state index is -0.253. The molecule has 6 rings (SSSR count). The molecule has 1 aliphatic heterocycles. The third kappa shape index (κ3) is 2.87. The summed E-state index contributed by atoms with van der Waals surface area (Å²) in [5.74, 6) is 1.66. The molecule has 6 nitrogen and oxygen atoms in total. The number of fused-ring (bicyclic) bond motifs is 3. The average Bonchev–Trinajstić information content (AvgIpc) is 3.23. The molecule has 0 spiro atoms. The van der Waals surface area contributed by atoms with Crippen LogP contribution in [0.1, 0.15) is 18.4 Å². The Balaban J connectivity index is 1.49. The summed E-state index contributed by atoms with van der Waals surface area (Å²) in [6.45, 7) is 0.939. The second-order valence-electron chi connectivity index (χ2n) is 8.70. The first kappa shape index (κ1) is 19.2. The molecule has 0 radical (unpaired) electrons.